The Balaban J connectivity index is 2.71. The van der Waals surface area contributed by atoms with E-state index in [0.29, 0.717) is 0 Å². The Hall–Kier alpha value is -0.550. The highest BCUT2D eigenvalue weighted by molar-refractivity contribution is 9.08. The lowest BCUT2D eigenvalue weighted by Crippen LogP contribution is -2.26. The predicted octanol–water partition coefficient (Wildman–Crippen LogP) is 2.48. The second kappa shape index (κ2) is 6.40. The molecule has 0 aliphatic carbocycles. The minimum absolute atomic E-state index is 0.285. The summed E-state index contributed by atoms with van der Waals surface area (Å²) in [6.07, 6.45) is 0.285. The second-order valence-corrected chi connectivity index (χ2v) is 5.05. The molecule has 0 fully saturated rings. The number of hydrogen-bond donors (Lipinski definition) is 0. The van der Waals surface area contributed by atoms with Crippen molar-refractivity contribution >= 4 is 21.7 Å². The van der Waals surface area contributed by atoms with Gasteiger partial charge in [-0.2, -0.15) is 5.10 Å². The van der Waals surface area contributed by atoms with E-state index in [9.17, 15) is 0 Å². The van der Waals surface area contributed by atoms with Crippen LogP contribution in [0.4, 0.5) is 5.82 Å². The summed E-state index contributed by atoms with van der Waals surface area (Å²) in [6, 6.07) is 0. The molecule has 0 saturated heterocycles. The monoisotopic (exact) mass is 303 g/mol. The van der Waals surface area contributed by atoms with Crippen molar-refractivity contribution in [3.8, 4) is 0 Å². The molecule has 0 radical (unpaired) electrons. The third-order valence-electron chi connectivity index (χ3n) is 2.69. The second-order valence-electron chi connectivity index (χ2n) is 4.49. The van der Waals surface area contributed by atoms with Crippen LogP contribution in [0.1, 0.15) is 25.1 Å². The van der Waals surface area contributed by atoms with Gasteiger partial charge in [-0.3, -0.25) is 4.68 Å². The topological polar surface area (TPSA) is 30.3 Å². The molecule has 0 unspecified atom stereocenters. The molecular formula is C12H22BrN3O. The van der Waals surface area contributed by atoms with Gasteiger partial charge < -0.3 is 9.64 Å². The Morgan fingerprint density at radius 1 is 1.47 bits per heavy atom. The molecule has 98 valence electrons. The summed E-state index contributed by atoms with van der Waals surface area (Å²) >= 11 is 3.52. The van der Waals surface area contributed by atoms with Gasteiger partial charge >= 0.3 is 0 Å². The van der Waals surface area contributed by atoms with E-state index in [1.165, 1.54) is 5.56 Å². The number of aryl methyl sites for hydroxylation is 2. The molecule has 17 heavy (non-hydrogen) atoms. The molecule has 1 aromatic heterocycles. The number of rotatable bonds is 6. The number of halogens is 1. The molecule has 0 spiro atoms. The van der Waals surface area contributed by atoms with Crippen LogP contribution in [0.2, 0.25) is 0 Å². The van der Waals surface area contributed by atoms with Crippen LogP contribution in [0.15, 0.2) is 0 Å². The first-order chi connectivity index (χ1) is 7.97. The molecule has 1 aromatic rings. The summed E-state index contributed by atoms with van der Waals surface area (Å²) in [7, 11) is 4.06. The number of nitrogens with zero attached hydrogens (tertiary/aromatic N) is 3. The highest BCUT2D eigenvalue weighted by atomic mass is 79.9. The van der Waals surface area contributed by atoms with Crippen molar-refractivity contribution in [3.05, 3.63) is 11.3 Å². The Morgan fingerprint density at radius 3 is 2.65 bits per heavy atom. The summed E-state index contributed by atoms with van der Waals surface area (Å²) in [6.45, 7) is 7.76. The van der Waals surface area contributed by atoms with Gasteiger partial charge in [-0.25, -0.2) is 0 Å². The summed E-state index contributed by atoms with van der Waals surface area (Å²) in [5.41, 5.74) is 2.33. The van der Waals surface area contributed by atoms with E-state index in [-0.39, 0.29) is 6.10 Å². The zero-order chi connectivity index (χ0) is 13.0. The number of anilines is 1. The maximum Gasteiger partial charge on any atom is 0.130 e. The highest BCUT2D eigenvalue weighted by Crippen LogP contribution is 2.24. The van der Waals surface area contributed by atoms with Gasteiger partial charge in [0.25, 0.3) is 0 Å². The Kier molecular flexibility index (Phi) is 5.46. The van der Waals surface area contributed by atoms with E-state index < -0.39 is 0 Å². The van der Waals surface area contributed by atoms with Gasteiger partial charge in [0, 0.05) is 31.5 Å². The van der Waals surface area contributed by atoms with Crippen molar-refractivity contribution in [2.75, 3.05) is 25.1 Å². The fourth-order valence-corrected chi connectivity index (χ4v) is 2.51. The smallest absolute Gasteiger partial charge is 0.130 e. The van der Waals surface area contributed by atoms with Gasteiger partial charge in [0.15, 0.2) is 0 Å². The first-order valence-corrected chi connectivity index (χ1v) is 7.00. The minimum atomic E-state index is 0.285. The molecule has 1 rings (SSSR count). The van der Waals surface area contributed by atoms with E-state index in [2.05, 4.69) is 46.8 Å². The molecule has 5 heteroatoms. The number of hydrogen-bond acceptors (Lipinski definition) is 3. The van der Waals surface area contributed by atoms with Gasteiger partial charge in [-0.05, 0) is 20.8 Å². The van der Waals surface area contributed by atoms with E-state index >= 15 is 0 Å². The maximum absolute atomic E-state index is 5.57. The normalized spacial score (nSPS) is 11.2. The van der Waals surface area contributed by atoms with E-state index in [4.69, 9.17) is 4.74 Å². The maximum atomic E-state index is 5.57. The summed E-state index contributed by atoms with van der Waals surface area (Å²) in [5.74, 6) is 1.16. The van der Waals surface area contributed by atoms with Crippen molar-refractivity contribution < 1.29 is 4.74 Å². The van der Waals surface area contributed by atoms with Crippen LogP contribution in [0.3, 0.4) is 0 Å². The van der Waals surface area contributed by atoms with Crippen LogP contribution in [0.25, 0.3) is 0 Å². The highest BCUT2D eigenvalue weighted by Gasteiger charge is 2.15. The molecular weight excluding hydrogens is 282 g/mol. The number of aromatic nitrogens is 2. The van der Waals surface area contributed by atoms with Gasteiger partial charge in [0.05, 0.1) is 18.4 Å². The Labute approximate surface area is 112 Å². The lowest BCUT2D eigenvalue weighted by Gasteiger charge is -2.21. The van der Waals surface area contributed by atoms with Crippen molar-refractivity contribution in [1.82, 2.24) is 9.78 Å². The van der Waals surface area contributed by atoms with Gasteiger partial charge in [0.1, 0.15) is 5.82 Å². The molecule has 0 saturated carbocycles. The molecule has 0 aliphatic rings. The van der Waals surface area contributed by atoms with Gasteiger partial charge in [0.2, 0.25) is 0 Å². The number of likely N-dealkylation sites (N-methyl/N-ethyl adjacent to an activating group) is 1. The fourth-order valence-electron chi connectivity index (χ4n) is 1.85. The van der Waals surface area contributed by atoms with Crippen LogP contribution in [-0.2, 0) is 17.1 Å². The summed E-state index contributed by atoms with van der Waals surface area (Å²) < 4.78 is 7.50. The van der Waals surface area contributed by atoms with Crippen molar-refractivity contribution in [3.63, 3.8) is 0 Å². The molecule has 0 aliphatic heterocycles. The lowest BCUT2D eigenvalue weighted by molar-refractivity contribution is 0.0844. The molecule has 0 bridgehead atoms. The van der Waals surface area contributed by atoms with Crippen LogP contribution < -0.4 is 4.90 Å². The SMILES string of the molecule is Cc1nn(C)c(N(C)CCOC(C)C)c1CBr. The lowest BCUT2D eigenvalue weighted by atomic mass is 10.2. The average Bonchev–Trinajstić information content (AvgIpc) is 2.52. The zero-order valence-corrected chi connectivity index (χ0v) is 12.9. The molecule has 4 nitrogen and oxygen atoms in total. The Bertz CT molecular complexity index is 363. The fraction of sp³-hybridized carbons (Fsp3) is 0.750. The molecule has 0 amide bonds. The molecule has 1 heterocycles. The first-order valence-electron chi connectivity index (χ1n) is 5.88. The number of ether oxygens (including phenoxy) is 1. The van der Waals surface area contributed by atoms with Crippen molar-refractivity contribution in [2.24, 2.45) is 7.05 Å². The van der Waals surface area contributed by atoms with Crippen LogP contribution >= 0.6 is 15.9 Å². The van der Waals surface area contributed by atoms with Gasteiger partial charge in [-0.1, -0.05) is 15.9 Å². The van der Waals surface area contributed by atoms with Crippen LogP contribution in [0.5, 0.6) is 0 Å². The van der Waals surface area contributed by atoms with Crippen LogP contribution in [0, 0.1) is 6.92 Å². The van der Waals surface area contributed by atoms with E-state index in [1.807, 2.05) is 18.7 Å². The van der Waals surface area contributed by atoms with Crippen molar-refractivity contribution in [1.29, 1.82) is 0 Å². The largest absolute Gasteiger partial charge is 0.377 e. The van der Waals surface area contributed by atoms with Crippen molar-refractivity contribution in [2.45, 2.75) is 32.2 Å². The van der Waals surface area contributed by atoms with E-state index in [0.717, 1.165) is 30.0 Å². The molecule has 0 aromatic carbocycles. The molecule has 0 N–H and O–H groups in total. The number of alkyl halides is 1. The van der Waals surface area contributed by atoms with Crippen LogP contribution in [-0.4, -0.2) is 36.1 Å². The third kappa shape index (κ3) is 3.71. The summed E-state index contributed by atoms with van der Waals surface area (Å²) in [5, 5.41) is 5.28. The zero-order valence-electron chi connectivity index (χ0n) is 11.3. The first kappa shape index (κ1) is 14.5. The predicted molar refractivity (Wildman–Crippen MR) is 74.9 cm³/mol. The van der Waals surface area contributed by atoms with E-state index in [1.54, 1.807) is 0 Å². The molecule has 0 atom stereocenters. The minimum Gasteiger partial charge on any atom is -0.377 e. The Morgan fingerprint density at radius 2 is 2.12 bits per heavy atom. The van der Waals surface area contributed by atoms with Gasteiger partial charge in [-0.15, -0.1) is 0 Å². The summed E-state index contributed by atoms with van der Waals surface area (Å²) in [4.78, 5) is 2.19. The average molecular weight is 304 g/mol. The third-order valence-corrected chi connectivity index (χ3v) is 3.25. The quantitative estimate of drug-likeness (QED) is 0.756. The standard InChI is InChI=1S/C12H22BrN3O/c1-9(2)17-7-6-15(4)12-11(8-13)10(3)14-16(12)5/h9H,6-8H2,1-5H3.